The van der Waals surface area contributed by atoms with Crippen LogP contribution in [0.3, 0.4) is 0 Å². The van der Waals surface area contributed by atoms with Gasteiger partial charge in [-0.15, -0.1) is 0 Å². The molecule has 0 saturated carbocycles. The summed E-state index contributed by atoms with van der Waals surface area (Å²) in [5, 5.41) is 10.4. The SMILES string of the molecule is CC[C@@H](OC)[C@@]1(C)OC(O)N1C/C(=C/COC)[C@H](C)C[C@](C)(C[C@@H](C)C(=O)C(C)C=O)OC. The summed E-state index contributed by atoms with van der Waals surface area (Å²) in [6.45, 7) is 12.5. The standard InChI is InChI=1S/C25H45NO7/c1-10-21(31-8)25(6)26(23(29)33-25)15-20(11-12-30-7)17(2)13-24(5,32-9)14-18(3)22(28)19(4)16-27/h11,16-19,21,23,29H,10,12-15H2,1-9H3/b20-11-/t17-,18-,19?,21-,23?,24-,25-/m1/s1. The molecule has 2 unspecified atom stereocenters. The second kappa shape index (κ2) is 13.1. The van der Waals surface area contributed by atoms with Gasteiger partial charge in [-0.2, -0.15) is 0 Å². The highest BCUT2D eigenvalue weighted by atomic mass is 16.7. The molecule has 1 saturated heterocycles. The van der Waals surface area contributed by atoms with Crippen LogP contribution < -0.4 is 0 Å². The Balaban J connectivity index is 3.03. The molecule has 1 N–H and O–H groups in total. The summed E-state index contributed by atoms with van der Waals surface area (Å²) >= 11 is 0. The van der Waals surface area contributed by atoms with Gasteiger partial charge in [-0.05, 0) is 46.0 Å². The third kappa shape index (κ3) is 7.41. The Labute approximate surface area is 199 Å². The second-order valence-corrected chi connectivity index (χ2v) is 9.69. The average Bonchev–Trinajstić information content (AvgIpc) is 2.78. The van der Waals surface area contributed by atoms with Crippen LogP contribution in [-0.2, 0) is 28.5 Å². The lowest BCUT2D eigenvalue weighted by Gasteiger charge is -2.56. The van der Waals surface area contributed by atoms with Crippen molar-refractivity contribution < 1.29 is 33.6 Å². The Morgan fingerprint density at radius 2 is 1.82 bits per heavy atom. The fourth-order valence-electron chi connectivity index (χ4n) is 4.88. The molecular formula is C25H45NO7. The number of carbonyl (C=O) groups excluding carboxylic acids is 2. The molecule has 0 spiro atoms. The van der Waals surface area contributed by atoms with Gasteiger partial charge in [0.25, 0.3) is 0 Å². The molecule has 1 heterocycles. The molecule has 8 heteroatoms. The first-order chi connectivity index (χ1) is 15.4. The summed E-state index contributed by atoms with van der Waals surface area (Å²) in [5.41, 5.74) is -0.208. The van der Waals surface area contributed by atoms with E-state index in [4.69, 9.17) is 18.9 Å². The van der Waals surface area contributed by atoms with E-state index in [1.165, 1.54) is 0 Å². The van der Waals surface area contributed by atoms with Crippen LogP contribution in [0, 0.1) is 17.8 Å². The van der Waals surface area contributed by atoms with Gasteiger partial charge in [0, 0.05) is 33.8 Å². The van der Waals surface area contributed by atoms with E-state index in [0.717, 1.165) is 12.0 Å². The molecule has 0 radical (unpaired) electrons. The minimum Gasteiger partial charge on any atom is -0.381 e. The molecule has 33 heavy (non-hydrogen) atoms. The van der Waals surface area contributed by atoms with Crippen molar-refractivity contribution in [1.82, 2.24) is 4.90 Å². The lowest BCUT2D eigenvalue weighted by atomic mass is 9.79. The van der Waals surface area contributed by atoms with Crippen molar-refractivity contribution in [3.05, 3.63) is 11.6 Å². The van der Waals surface area contributed by atoms with Crippen molar-refractivity contribution in [3.63, 3.8) is 0 Å². The Bertz CT molecular complexity index is 665. The average molecular weight is 472 g/mol. The number of aldehydes is 1. The van der Waals surface area contributed by atoms with Crippen LogP contribution in [0.4, 0.5) is 0 Å². The normalized spacial score (nSPS) is 27.2. The number of Topliss-reactive ketones (excluding diaryl/α,β-unsaturated/α-hetero) is 1. The van der Waals surface area contributed by atoms with Crippen LogP contribution in [0.1, 0.15) is 60.8 Å². The maximum Gasteiger partial charge on any atom is 0.220 e. The van der Waals surface area contributed by atoms with Crippen LogP contribution in [0.25, 0.3) is 0 Å². The zero-order valence-corrected chi connectivity index (χ0v) is 21.9. The number of methoxy groups -OCH3 is 3. The fourth-order valence-corrected chi connectivity index (χ4v) is 4.88. The van der Waals surface area contributed by atoms with E-state index in [9.17, 15) is 14.7 Å². The van der Waals surface area contributed by atoms with Crippen molar-refractivity contribution in [2.24, 2.45) is 17.8 Å². The van der Waals surface area contributed by atoms with Gasteiger partial charge in [-0.25, -0.2) is 4.90 Å². The fraction of sp³-hybridized carbons (Fsp3) is 0.840. The molecule has 1 rings (SSSR count). The summed E-state index contributed by atoms with van der Waals surface area (Å²) in [6.07, 6.45) is 3.45. The largest absolute Gasteiger partial charge is 0.381 e. The number of aliphatic hydroxyl groups is 1. The minimum absolute atomic E-state index is 0.0714. The molecule has 0 amide bonds. The summed E-state index contributed by atoms with van der Waals surface area (Å²) in [4.78, 5) is 25.4. The van der Waals surface area contributed by atoms with Gasteiger partial charge in [0.05, 0.1) is 24.2 Å². The number of nitrogens with zero attached hydrogens (tertiary/aromatic N) is 1. The number of carbonyl (C=O) groups is 2. The Hall–Kier alpha value is -1.16. The van der Waals surface area contributed by atoms with Crippen LogP contribution in [-0.4, -0.2) is 80.4 Å². The predicted molar refractivity (Wildman–Crippen MR) is 126 cm³/mol. The van der Waals surface area contributed by atoms with E-state index >= 15 is 0 Å². The Morgan fingerprint density at radius 1 is 1.21 bits per heavy atom. The highest BCUT2D eigenvalue weighted by molar-refractivity contribution is 5.94. The lowest BCUT2D eigenvalue weighted by molar-refractivity contribution is -0.437. The maximum absolute atomic E-state index is 12.5. The van der Waals surface area contributed by atoms with Crippen molar-refractivity contribution in [1.29, 1.82) is 0 Å². The quantitative estimate of drug-likeness (QED) is 0.208. The summed E-state index contributed by atoms with van der Waals surface area (Å²) < 4.78 is 22.5. The molecule has 0 aromatic heterocycles. The van der Waals surface area contributed by atoms with E-state index < -0.39 is 23.7 Å². The smallest absolute Gasteiger partial charge is 0.220 e. The molecule has 0 aromatic rings. The Kier molecular flexibility index (Phi) is 11.8. The van der Waals surface area contributed by atoms with Gasteiger partial charge in [-0.1, -0.05) is 32.4 Å². The highest BCUT2D eigenvalue weighted by Crippen LogP contribution is 2.39. The van der Waals surface area contributed by atoms with Crippen molar-refractivity contribution in [2.75, 3.05) is 34.5 Å². The van der Waals surface area contributed by atoms with E-state index in [1.807, 2.05) is 38.7 Å². The van der Waals surface area contributed by atoms with Gasteiger partial charge >= 0.3 is 0 Å². The third-order valence-corrected chi connectivity index (χ3v) is 7.04. The summed E-state index contributed by atoms with van der Waals surface area (Å²) in [7, 11) is 4.94. The topological polar surface area (TPSA) is 94.5 Å². The molecule has 1 fully saturated rings. The van der Waals surface area contributed by atoms with Gasteiger partial charge in [-0.3, -0.25) is 4.79 Å². The second-order valence-electron chi connectivity index (χ2n) is 9.69. The van der Waals surface area contributed by atoms with Crippen molar-refractivity contribution >= 4 is 12.1 Å². The molecule has 0 aliphatic carbocycles. The number of hydrogen-bond acceptors (Lipinski definition) is 8. The first kappa shape index (κ1) is 29.9. The van der Waals surface area contributed by atoms with E-state index in [-0.39, 0.29) is 23.7 Å². The zero-order chi connectivity index (χ0) is 25.4. The van der Waals surface area contributed by atoms with Crippen LogP contribution in [0.2, 0.25) is 0 Å². The van der Waals surface area contributed by atoms with E-state index in [1.54, 1.807) is 28.3 Å². The number of aliphatic hydroxyl groups excluding tert-OH is 1. The predicted octanol–water partition coefficient (Wildman–Crippen LogP) is 3.17. The molecular weight excluding hydrogens is 426 g/mol. The lowest BCUT2D eigenvalue weighted by Crippen LogP contribution is -2.72. The minimum atomic E-state index is -1.01. The maximum atomic E-state index is 12.5. The highest BCUT2D eigenvalue weighted by Gasteiger charge is 2.54. The molecule has 1 aliphatic rings. The molecule has 0 aromatic carbocycles. The summed E-state index contributed by atoms with van der Waals surface area (Å²) in [5.74, 6) is -0.906. The van der Waals surface area contributed by atoms with Gasteiger partial charge in [0.1, 0.15) is 12.1 Å². The van der Waals surface area contributed by atoms with Gasteiger partial charge < -0.3 is 28.8 Å². The van der Waals surface area contributed by atoms with Crippen LogP contribution >= 0.6 is 0 Å². The third-order valence-electron chi connectivity index (χ3n) is 7.04. The van der Waals surface area contributed by atoms with Gasteiger partial charge in [0.15, 0.2) is 5.72 Å². The number of ether oxygens (including phenoxy) is 4. The Morgan fingerprint density at radius 3 is 2.27 bits per heavy atom. The molecule has 7 atom stereocenters. The zero-order valence-electron chi connectivity index (χ0n) is 21.9. The monoisotopic (exact) mass is 471 g/mol. The van der Waals surface area contributed by atoms with Crippen molar-refractivity contribution in [2.45, 2.75) is 84.6 Å². The molecule has 0 bridgehead atoms. The number of hydrogen-bond donors (Lipinski definition) is 1. The number of ketones is 1. The summed E-state index contributed by atoms with van der Waals surface area (Å²) in [6, 6.07) is 0. The van der Waals surface area contributed by atoms with Crippen LogP contribution in [0.15, 0.2) is 11.6 Å². The van der Waals surface area contributed by atoms with Gasteiger partial charge in [0.2, 0.25) is 6.41 Å². The molecule has 8 nitrogen and oxygen atoms in total. The first-order valence-electron chi connectivity index (χ1n) is 11.8. The molecule has 192 valence electrons. The van der Waals surface area contributed by atoms with E-state index in [2.05, 4.69) is 6.92 Å². The van der Waals surface area contributed by atoms with Crippen LogP contribution in [0.5, 0.6) is 0 Å². The molecule has 1 aliphatic heterocycles. The number of rotatable bonds is 16. The first-order valence-corrected chi connectivity index (χ1v) is 11.8. The van der Waals surface area contributed by atoms with E-state index in [0.29, 0.717) is 32.3 Å². The van der Waals surface area contributed by atoms with Crippen molar-refractivity contribution in [3.8, 4) is 0 Å².